The molecule has 1 atom stereocenters. The largest absolute Gasteiger partial charge is 0.388 e. The lowest BCUT2D eigenvalue weighted by Crippen LogP contribution is -2.27. The van der Waals surface area contributed by atoms with Crippen LogP contribution in [0.2, 0.25) is 0 Å². The van der Waals surface area contributed by atoms with E-state index in [1.807, 2.05) is 6.07 Å². The number of nitrogens with zero attached hydrogens (tertiary/aromatic N) is 1. The van der Waals surface area contributed by atoms with Gasteiger partial charge in [-0.25, -0.2) is 0 Å². The van der Waals surface area contributed by atoms with Crippen molar-refractivity contribution in [2.75, 3.05) is 26.9 Å². The van der Waals surface area contributed by atoms with Crippen molar-refractivity contribution < 1.29 is 14.6 Å². The van der Waals surface area contributed by atoms with Gasteiger partial charge < -0.3 is 19.1 Å². The first-order valence-corrected chi connectivity index (χ1v) is 6.96. The molecule has 0 aliphatic heterocycles. The number of aliphatic hydroxyl groups excluding tert-OH is 1. The first kappa shape index (κ1) is 14.6. The Bertz CT molecular complexity index is 412. The molecule has 1 heterocycles. The van der Waals surface area contributed by atoms with Crippen LogP contribution in [0, 0.1) is 5.41 Å². The second-order valence-electron chi connectivity index (χ2n) is 6.08. The van der Waals surface area contributed by atoms with Crippen LogP contribution < -0.4 is 0 Å². The summed E-state index contributed by atoms with van der Waals surface area (Å²) in [7, 11) is 1.68. The third kappa shape index (κ3) is 3.59. The average Bonchev–Trinajstić information content (AvgIpc) is 2.71. The third-order valence-corrected chi connectivity index (χ3v) is 3.77. The molecule has 0 amide bonds. The Kier molecular flexibility index (Phi) is 4.66. The zero-order chi connectivity index (χ0) is 13.9. The first-order valence-electron chi connectivity index (χ1n) is 6.96. The minimum Gasteiger partial charge on any atom is -0.388 e. The second kappa shape index (κ2) is 6.07. The van der Waals surface area contributed by atoms with Gasteiger partial charge in [-0.2, -0.15) is 0 Å². The average molecular weight is 267 g/mol. The van der Waals surface area contributed by atoms with E-state index in [9.17, 15) is 5.11 Å². The fourth-order valence-electron chi connectivity index (χ4n) is 2.80. The van der Waals surface area contributed by atoms with Crippen LogP contribution in [-0.2, 0) is 22.4 Å². The van der Waals surface area contributed by atoms with Crippen molar-refractivity contribution in [3.8, 4) is 0 Å². The Labute approximate surface area is 115 Å². The molecule has 2 rings (SSSR count). The van der Waals surface area contributed by atoms with Gasteiger partial charge in [0.25, 0.3) is 0 Å². The number of methoxy groups -OCH3 is 1. The van der Waals surface area contributed by atoms with Crippen molar-refractivity contribution in [1.82, 2.24) is 4.57 Å². The number of rotatable bonds is 6. The van der Waals surface area contributed by atoms with Gasteiger partial charge >= 0.3 is 0 Å². The molecule has 0 saturated carbocycles. The van der Waals surface area contributed by atoms with Crippen LogP contribution in [-0.4, -0.2) is 36.6 Å². The maximum absolute atomic E-state index is 10.2. The topological polar surface area (TPSA) is 43.6 Å². The molecule has 108 valence electrons. The monoisotopic (exact) mass is 267 g/mol. The zero-order valence-corrected chi connectivity index (χ0v) is 12.2. The minimum absolute atomic E-state index is 0.166. The molecule has 1 N–H and O–H groups in total. The molecule has 0 radical (unpaired) electrons. The molecule has 4 nitrogen and oxygen atoms in total. The molecule has 0 saturated heterocycles. The molecular weight excluding hydrogens is 242 g/mol. The van der Waals surface area contributed by atoms with E-state index in [0.717, 1.165) is 24.9 Å². The zero-order valence-electron chi connectivity index (χ0n) is 12.2. The van der Waals surface area contributed by atoms with Gasteiger partial charge in [-0.1, -0.05) is 13.8 Å². The van der Waals surface area contributed by atoms with Crippen molar-refractivity contribution in [2.24, 2.45) is 5.41 Å². The smallest absolute Gasteiger partial charge is 0.0812 e. The summed E-state index contributed by atoms with van der Waals surface area (Å²) in [5.41, 5.74) is 2.52. The van der Waals surface area contributed by atoms with Gasteiger partial charge in [-0.15, -0.1) is 0 Å². The second-order valence-corrected chi connectivity index (χ2v) is 6.08. The molecule has 1 aliphatic rings. The highest BCUT2D eigenvalue weighted by molar-refractivity contribution is 5.29. The van der Waals surface area contributed by atoms with E-state index in [4.69, 9.17) is 9.47 Å². The van der Waals surface area contributed by atoms with Crippen LogP contribution in [0.5, 0.6) is 0 Å². The molecule has 0 bridgehead atoms. The molecule has 1 aromatic heterocycles. The number of aromatic nitrogens is 1. The predicted molar refractivity (Wildman–Crippen MR) is 74.2 cm³/mol. The molecule has 1 unspecified atom stereocenters. The van der Waals surface area contributed by atoms with Crippen molar-refractivity contribution in [3.63, 3.8) is 0 Å². The maximum atomic E-state index is 10.2. The summed E-state index contributed by atoms with van der Waals surface area (Å²) in [4.78, 5) is 0. The lowest BCUT2D eigenvalue weighted by atomic mass is 9.75. The van der Waals surface area contributed by atoms with E-state index >= 15 is 0 Å². The van der Waals surface area contributed by atoms with Crippen molar-refractivity contribution in [2.45, 2.75) is 39.3 Å². The van der Waals surface area contributed by atoms with Crippen molar-refractivity contribution >= 4 is 0 Å². The summed E-state index contributed by atoms with van der Waals surface area (Å²) < 4.78 is 12.7. The van der Waals surface area contributed by atoms with E-state index in [2.05, 4.69) is 24.6 Å². The van der Waals surface area contributed by atoms with Gasteiger partial charge in [-0.05, 0) is 24.3 Å². The molecule has 1 aliphatic carbocycles. The molecular formula is C15H25NO3. The number of hydrogen-bond donors (Lipinski definition) is 1. The van der Waals surface area contributed by atoms with Gasteiger partial charge in [0.05, 0.1) is 25.9 Å². The number of ether oxygens (including phenoxy) is 2. The highest BCUT2D eigenvalue weighted by Gasteiger charge is 2.32. The Hall–Kier alpha value is -0.840. The lowest BCUT2D eigenvalue weighted by Gasteiger charge is -2.34. The van der Waals surface area contributed by atoms with E-state index < -0.39 is 0 Å². The van der Waals surface area contributed by atoms with Crippen LogP contribution in [0.25, 0.3) is 0 Å². The lowest BCUT2D eigenvalue weighted by molar-refractivity contribution is 0.0651. The summed E-state index contributed by atoms with van der Waals surface area (Å²) in [5.74, 6) is 0. The van der Waals surface area contributed by atoms with Crippen LogP contribution in [0.4, 0.5) is 0 Å². The summed E-state index contributed by atoms with van der Waals surface area (Å²) in [6.45, 7) is 7.21. The SMILES string of the molecule is COCCOCCn1ccc2c1CC(C)(C)CC2O. The fourth-order valence-corrected chi connectivity index (χ4v) is 2.80. The molecule has 19 heavy (non-hydrogen) atoms. The summed E-state index contributed by atoms with van der Waals surface area (Å²) in [5, 5.41) is 10.2. The van der Waals surface area contributed by atoms with Gasteiger partial charge in [-0.3, -0.25) is 0 Å². The minimum atomic E-state index is -0.325. The van der Waals surface area contributed by atoms with E-state index in [0.29, 0.717) is 19.8 Å². The highest BCUT2D eigenvalue weighted by atomic mass is 16.5. The van der Waals surface area contributed by atoms with Gasteiger partial charge in [0, 0.05) is 31.1 Å². The third-order valence-electron chi connectivity index (χ3n) is 3.77. The molecule has 4 heteroatoms. The fraction of sp³-hybridized carbons (Fsp3) is 0.733. The summed E-state index contributed by atoms with van der Waals surface area (Å²) in [6.07, 6.45) is 3.60. The Balaban J connectivity index is 1.96. The van der Waals surface area contributed by atoms with Crippen molar-refractivity contribution in [1.29, 1.82) is 0 Å². The first-order chi connectivity index (χ1) is 9.03. The van der Waals surface area contributed by atoms with E-state index in [1.165, 1.54) is 5.69 Å². The van der Waals surface area contributed by atoms with Crippen LogP contribution in [0.1, 0.15) is 37.6 Å². The van der Waals surface area contributed by atoms with Crippen molar-refractivity contribution in [3.05, 3.63) is 23.5 Å². The highest BCUT2D eigenvalue weighted by Crippen LogP contribution is 2.40. The molecule has 0 fully saturated rings. The molecule has 1 aromatic rings. The Morgan fingerprint density at radius 2 is 2.16 bits per heavy atom. The molecule has 0 aromatic carbocycles. The number of fused-ring (bicyclic) bond motifs is 1. The van der Waals surface area contributed by atoms with E-state index in [1.54, 1.807) is 7.11 Å². The normalized spacial score (nSPS) is 21.4. The van der Waals surface area contributed by atoms with Crippen LogP contribution in [0.3, 0.4) is 0 Å². The van der Waals surface area contributed by atoms with Gasteiger partial charge in [0.1, 0.15) is 0 Å². The maximum Gasteiger partial charge on any atom is 0.0812 e. The van der Waals surface area contributed by atoms with Crippen LogP contribution >= 0.6 is 0 Å². The number of aliphatic hydroxyl groups is 1. The Morgan fingerprint density at radius 3 is 2.89 bits per heavy atom. The summed E-state index contributed by atoms with van der Waals surface area (Å²) >= 11 is 0. The molecule has 0 spiro atoms. The van der Waals surface area contributed by atoms with E-state index in [-0.39, 0.29) is 11.5 Å². The predicted octanol–water partition coefficient (Wildman–Crippen LogP) is 2.16. The summed E-state index contributed by atoms with van der Waals surface area (Å²) in [6, 6.07) is 2.05. The van der Waals surface area contributed by atoms with Gasteiger partial charge in [0.2, 0.25) is 0 Å². The Morgan fingerprint density at radius 1 is 1.37 bits per heavy atom. The number of hydrogen-bond acceptors (Lipinski definition) is 3. The standard InChI is InChI=1S/C15H25NO3/c1-15(2)10-13-12(14(17)11-15)4-5-16(13)6-7-19-9-8-18-3/h4-5,14,17H,6-11H2,1-3H3. The van der Waals surface area contributed by atoms with Crippen LogP contribution in [0.15, 0.2) is 12.3 Å². The quantitative estimate of drug-likeness (QED) is 0.803. The van der Waals surface area contributed by atoms with Gasteiger partial charge in [0.15, 0.2) is 0 Å².